The number of oxazole rings is 1. The fourth-order valence-corrected chi connectivity index (χ4v) is 1.80. The smallest absolute Gasteiger partial charge is 0.360 e. The van der Waals surface area contributed by atoms with Gasteiger partial charge in [0.15, 0.2) is 11.6 Å². The number of benzene rings is 1. The molecule has 1 aromatic heterocycles. The molecule has 19 heavy (non-hydrogen) atoms. The molecule has 0 aliphatic heterocycles. The van der Waals surface area contributed by atoms with Crippen molar-refractivity contribution in [2.45, 2.75) is 19.8 Å². The average Bonchev–Trinajstić information content (AvgIpc) is 2.78. The van der Waals surface area contributed by atoms with Gasteiger partial charge in [-0.1, -0.05) is 12.1 Å². The van der Waals surface area contributed by atoms with Crippen molar-refractivity contribution in [1.29, 1.82) is 0 Å². The van der Waals surface area contributed by atoms with E-state index in [1.54, 1.807) is 19.1 Å². The van der Waals surface area contributed by atoms with Crippen LogP contribution in [0.1, 0.15) is 27.7 Å². The van der Waals surface area contributed by atoms with E-state index in [1.807, 2.05) is 0 Å². The average molecular weight is 263 g/mol. The van der Waals surface area contributed by atoms with Crippen molar-refractivity contribution in [3.8, 4) is 0 Å². The number of aromatic nitrogens is 1. The molecular weight excluding hydrogens is 249 g/mol. The van der Waals surface area contributed by atoms with Gasteiger partial charge in [-0.2, -0.15) is 0 Å². The summed E-state index contributed by atoms with van der Waals surface area (Å²) in [4.78, 5) is 15.5. The number of hydrogen-bond acceptors (Lipinski definition) is 4. The molecule has 0 saturated heterocycles. The van der Waals surface area contributed by atoms with Gasteiger partial charge < -0.3 is 9.15 Å². The predicted octanol–water partition coefficient (Wildman–Crippen LogP) is 2.69. The molecule has 2 rings (SSSR count). The fraction of sp³-hybridized carbons (Fsp3) is 0.286. The number of hydrogen-bond donors (Lipinski definition) is 0. The third-order valence-electron chi connectivity index (χ3n) is 2.74. The van der Waals surface area contributed by atoms with Gasteiger partial charge in [0.1, 0.15) is 11.6 Å². The highest BCUT2D eigenvalue weighted by molar-refractivity contribution is 5.88. The molecule has 0 amide bonds. The van der Waals surface area contributed by atoms with Crippen LogP contribution in [-0.4, -0.2) is 18.1 Å². The number of ether oxygens (including phenoxy) is 1. The Hall–Kier alpha value is -2.17. The molecule has 4 nitrogen and oxygen atoms in total. The van der Waals surface area contributed by atoms with Crippen LogP contribution in [-0.2, 0) is 17.6 Å². The lowest BCUT2D eigenvalue weighted by Gasteiger charge is -2.01. The van der Waals surface area contributed by atoms with Crippen LogP contribution < -0.4 is 0 Å². The monoisotopic (exact) mass is 263 g/mol. The lowest BCUT2D eigenvalue weighted by Crippen LogP contribution is -2.06. The molecule has 0 unspecified atom stereocenters. The standard InChI is InChI=1S/C14H14FNO3/c1-9-16-13(14(17)18-2)12(19-9)8-5-10-3-6-11(15)7-4-10/h3-4,6-7H,5,8H2,1-2H3. The molecule has 0 fully saturated rings. The summed E-state index contributed by atoms with van der Waals surface area (Å²) in [6, 6.07) is 6.22. The van der Waals surface area contributed by atoms with Crippen molar-refractivity contribution in [2.24, 2.45) is 0 Å². The second-order valence-corrected chi connectivity index (χ2v) is 4.12. The summed E-state index contributed by atoms with van der Waals surface area (Å²) >= 11 is 0. The highest BCUT2D eigenvalue weighted by Crippen LogP contribution is 2.15. The highest BCUT2D eigenvalue weighted by atomic mass is 19.1. The van der Waals surface area contributed by atoms with Crippen molar-refractivity contribution in [2.75, 3.05) is 7.11 Å². The molecule has 0 aliphatic rings. The van der Waals surface area contributed by atoms with Crippen molar-refractivity contribution < 1.29 is 18.3 Å². The summed E-state index contributed by atoms with van der Waals surface area (Å²) in [7, 11) is 1.30. The molecular formula is C14H14FNO3. The van der Waals surface area contributed by atoms with Gasteiger partial charge in [-0.05, 0) is 24.1 Å². The summed E-state index contributed by atoms with van der Waals surface area (Å²) in [5, 5.41) is 0. The van der Waals surface area contributed by atoms with E-state index in [0.717, 1.165) is 5.56 Å². The van der Waals surface area contributed by atoms with Crippen LogP contribution in [0, 0.1) is 12.7 Å². The second kappa shape index (κ2) is 5.65. The van der Waals surface area contributed by atoms with E-state index in [9.17, 15) is 9.18 Å². The summed E-state index contributed by atoms with van der Waals surface area (Å²) < 4.78 is 22.8. The van der Waals surface area contributed by atoms with E-state index in [2.05, 4.69) is 9.72 Å². The number of esters is 1. The minimum atomic E-state index is -0.508. The number of aryl methyl sites for hydroxylation is 3. The Labute approximate surface area is 110 Å². The number of nitrogens with zero attached hydrogens (tertiary/aromatic N) is 1. The molecule has 0 bridgehead atoms. The van der Waals surface area contributed by atoms with Gasteiger partial charge >= 0.3 is 5.97 Å². The molecule has 0 aliphatic carbocycles. The van der Waals surface area contributed by atoms with E-state index in [0.29, 0.717) is 24.5 Å². The van der Waals surface area contributed by atoms with Crippen LogP contribution in [0.3, 0.4) is 0 Å². The van der Waals surface area contributed by atoms with Gasteiger partial charge in [0.2, 0.25) is 0 Å². The Bertz CT molecular complexity index is 575. The lowest BCUT2D eigenvalue weighted by molar-refractivity contribution is 0.0592. The molecule has 5 heteroatoms. The van der Waals surface area contributed by atoms with E-state index in [-0.39, 0.29) is 11.5 Å². The largest absolute Gasteiger partial charge is 0.464 e. The molecule has 1 heterocycles. The number of methoxy groups -OCH3 is 1. The first kappa shape index (κ1) is 13.3. The maximum Gasteiger partial charge on any atom is 0.360 e. The van der Waals surface area contributed by atoms with Crippen molar-refractivity contribution in [3.05, 3.63) is 53.0 Å². The number of halogens is 1. The van der Waals surface area contributed by atoms with Crippen LogP contribution in [0.5, 0.6) is 0 Å². The van der Waals surface area contributed by atoms with Crippen LogP contribution >= 0.6 is 0 Å². The first-order valence-electron chi connectivity index (χ1n) is 5.89. The van der Waals surface area contributed by atoms with Crippen molar-refractivity contribution in [1.82, 2.24) is 4.98 Å². The SMILES string of the molecule is COC(=O)c1nc(C)oc1CCc1ccc(F)cc1. The Morgan fingerprint density at radius 3 is 2.63 bits per heavy atom. The minimum Gasteiger partial charge on any atom is -0.464 e. The van der Waals surface area contributed by atoms with E-state index in [4.69, 9.17) is 4.42 Å². The molecule has 0 atom stereocenters. The summed E-state index contributed by atoms with van der Waals surface area (Å²) in [6.07, 6.45) is 1.15. The minimum absolute atomic E-state index is 0.210. The zero-order valence-electron chi connectivity index (χ0n) is 10.8. The zero-order valence-corrected chi connectivity index (χ0v) is 10.8. The van der Waals surface area contributed by atoms with Gasteiger partial charge in [-0.15, -0.1) is 0 Å². The number of carbonyl (C=O) groups is 1. The molecule has 100 valence electrons. The summed E-state index contributed by atoms with van der Waals surface area (Å²) in [5.74, 6) is 0.142. The molecule has 1 aromatic carbocycles. The first-order valence-corrected chi connectivity index (χ1v) is 5.89. The zero-order chi connectivity index (χ0) is 13.8. The van der Waals surface area contributed by atoms with Gasteiger partial charge in [-0.3, -0.25) is 0 Å². The molecule has 2 aromatic rings. The summed E-state index contributed by atoms with van der Waals surface area (Å²) in [5.41, 5.74) is 1.17. The van der Waals surface area contributed by atoms with E-state index < -0.39 is 5.97 Å². The van der Waals surface area contributed by atoms with Crippen LogP contribution in [0.2, 0.25) is 0 Å². The Morgan fingerprint density at radius 2 is 2.00 bits per heavy atom. The normalized spacial score (nSPS) is 10.5. The molecule has 0 N–H and O–H groups in total. The van der Waals surface area contributed by atoms with E-state index >= 15 is 0 Å². The number of carbonyl (C=O) groups excluding carboxylic acids is 1. The Morgan fingerprint density at radius 1 is 1.32 bits per heavy atom. The Balaban J connectivity index is 2.11. The third-order valence-corrected chi connectivity index (χ3v) is 2.74. The van der Waals surface area contributed by atoms with Crippen LogP contribution in [0.15, 0.2) is 28.7 Å². The molecule has 0 radical (unpaired) electrons. The predicted molar refractivity (Wildman–Crippen MR) is 66.4 cm³/mol. The quantitative estimate of drug-likeness (QED) is 0.796. The summed E-state index contributed by atoms with van der Waals surface area (Å²) in [6.45, 7) is 1.67. The lowest BCUT2D eigenvalue weighted by atomic mass is 10.1. The van der Waals surface area contributed by atoms with Gasteiger partial charge in [0.25, 0.3) is 0 Å². The first-order chi connectivity index (χ1) is 9.10. The van der Waals surface area contributed by atoms with Gasteiger partial charge in [0.05, 0.1) is 7.11 Å². The van der Waals surface area contributed by atoms with Crippen molar-refractivity contribution >= 4 is 5.97 Å². The maximum absolute atomic E-state index is 12.8. The van der Waals surface area contributed by atoms with Gasteiger partial charge in [0, 0.05) is 13.3 Å². The van der Waals surface area contributed by atoms with Crippen LogP contribution in [0.25, 0.3) is 0 Å². The molecule has 0 spiro atoms. The maximum atomic E-state index is 12.8. The fourth-order valence-electron chi connectivity index (χ4n) is 1.80. The van der Waals surface area contributed by atoms with Crippen LogP contribution in [0.4, 0.5) is 4.39 Å². The van der Waals surface area contributed by atoms with Crippen molar-refractivity contribution in [3.63, 3.8) is 0 Å². The second-order valence-electron chi connectivity index (χ2n) is 4.12. The highest BCUT2D eigenvalue weighted by Gasteiger charge is 2.18. The molecule has 0 saturated carbocycles. The Kier molecular flexibility index (Phi) is 3.94. The topological polar surface area (TPSA) is 52.3 Å². The third kappa shape index (κ3) is 3.19. The van der Waals surface area contributed by atoms with E-state index in [1.165, 1.54) is 19.2 Å². The number of rotatable bonds is 4. The van der Waals surface area contributed by atoms with Gasteiger partial charge in [-0.25, -0.2) is 14.2 Å².